The SMILES string of the molecule is O=S1(=O)C[C@H](N2CCC(Cc3ccccc3)CC2)[C@@H](S(=O)(=O)c2cccs2)C1. The van der Waals surface area contributed by atoms with Gasteiger partial charge in [0.15, 0.2) is 19.7 Å². The lowest BCUT2D eigenvalue weighted by Crippen LogP contribution is -2.49. The molecule has 4 rings (SSSR count). The van der Waals surface area contributed by atoms with Gasteiger partial charge in [0, 0.05) is 6.04 Å². The average Bonchev–Trinajstić information content (AvgIpc) is 3.32. The molecule has 2 aliphatic rings. The normalized spacial score (nSPS) is 26.4. The lowest BCUT2D eigenvalue weighted by molar-refractivity contribution is 0.144. The van der Waals surface area contributed by atoms with E-state index in [0.717, 1.165) is 32.4 Å². The summed E-state index contributed by atoms with van der Waals surface area (Å²) < 4.78 is 51.1. The van der Waals surface area contributed by atoms with Gasteiger partial charge >= 0.3 is 0 Å². The van der Waals surface area contributed by atoms with Crippen molar-refractivity contribution < 1.29 is 16.8 Å². The summed E-state index contributed by atoms with van der Waals surface area (Å²) in [5.74, 6) is 0.247. The molecule has 1 aromatic heterocycles. The molecule has 5 nitrogen and oxygen atoms in total. The third-order valence-corrected chi connectivity index (χ3v) is 11.5. The quantitative estimate of drug-likeness (QED) is 0.716. The first kappa shape index (κ1) is 20.1. The number of nitrogens with zero attached hydrogens (tertiary/aromatic N) is 1. The Morgan fingerprint density at radius 2 is 1.71 bits per heavy atom. The predicted octanol–water partition coefficient (Wildman–Crippen LogP) is 2.64. The van der Waals surface area contributed by atoms with Gasteiger partial charge in [0.2, 0.25) is 0 Å². The zero-order chi connectivity index (χ0) is 19.8. The van der Waals surface area contributed by atoms with Crippen molar-refractivity contribution in [2.24, 2.45) is 5.92 Å². The lowest BCUT2D eigenvalue weighted by atomic mass is 9.89. The molecule has 2 fully saturated rings. The highest BCUT2D eigenvalue weighted by Gasteiger charge is 2.48. The summed E-state index contributed by atoms with van der Waals surface area (Å²) >= 11 is 1.17. The number of hydrogen-bond donors (Lipinski definition) is 0. The van der Waals surface area contributed by atoms with E-state index in [1.807, 2.05) is 18.2 Å². The molecule has 3 heterocycles. The number of hydrogen-bond acceptors (Lipinski definition) is 6. The van der Waals surface area contributed by atoms with Crippen LogP contribution in [0.3, 0.4) is 0 Å². The summed E-state index contributed by atoms with van der Waals surface area (Å²) in [5.41, 5.74) is 1.32. The molecule has 2 aliphatic heterocycles. The molecular weight excluding hydrogens is 414 g/mol. The molecule has 152 valence electrons. The van der Waals surface area contributed by atoms with Gasteiger partial charge < -0.3 is 0 Å². The van der Waals surface area contributed by atoms with Crippen molar-refractivity contribution in [1.29, 1.82) is 0 Å². The summed E-state index contributed by atoms with van der Waals surface area (Å²) in [5, 5.41) is 0.863. The molecule has 0 bridgehead atoms. The molecule has 2 aromatic rings. The van der Waals surface area contributed by atoms with Gasteiger partial charge in [0.25, 0.3) is 0 Å². The number of likely N-dealkylation sites (tertiary alicyclic amines) is 1. The van der Waals surface area contributed by atoms with Crippen LogP contribution < -0.4 is 0 Å². The smallest absolute Gasteiger partial charge is 0.193 e. The minimum Gasteiger partial charge on any atom is -0.298 e. The Hall–Kier alpha value is -1.22. The molecule has 0 spiro atoms. The number of benzene rings is 1. The van der Waals surface area contributed by atoms with Crippen LogP contribution in [-0.2, 0) is 26.1 Å². The zero-order valence-electron chi connectivity index (χ0n) is 15.6. The van der Waals surface area contributed by atoms with Gasteiger partial charge in [-0.1, -0.05) is 36.4 Å². The molecule has 0 N–H and O–H groups in total. The van der Waals surface area contributed by atoms with Gasteiger partial charge in [-0.25, -0.2) is 16.8 Å². The molecule has 2 atom stereocenters. The summed E-state index contributed by atoms with van der Waals surface area (Å²) in [6.45, 7) is 1.52. The van der Waals surface area contributed by atoms with Crippen molar-refractivity contribution in [3.63, 3.8) is 0 Å². The molecule has 0 aliphatic carbocycles. The van der Waals surface area contributed by atoms with Crippen molar-refractivity contribution >= 4 is 31.0 Å². The summed E-state index contributed by atoms with van der Waals surface area (Å²) in [4.78, 5) is 2.11. The Kier molecular flexibility index (Phi) is 5.66. The number of rotatable bonds is 5. The predicted molar refractivity (Wildman–Crippen MR) is 112 cm³/mol. The molecule has 2 saturated heterocycles. The van der Waals surface area contributed by atoms with Crippen LogP contribution in [0.1, 0.15) is 18.4 Å². The Morgan fingerprint density at radius 1 is 1.00 bits per heavy atom. The van der Waals surface area contributed by atoms with Crippen molar-refractivity contribution in [3.05, 3.63) is 53.4 Å². The minimum absolute atomic E-state index is 0.0500. The van der Waals surface area contributed by atoms with E-state index in [9.17, 15) is 16.8 Å². The van der Waals surface area contributed by atoms with Gasteiger partial charge in [-0.05, 0) is 55.3 Å². The summed E-state index contributed by atoms with van der Waals surface area (Å²) in [6.07, 6.45) is 2.96. The first-order valence-corrected chi connectivity index (χ1v) is 13.9. The fourth-order valence-electron chi connectivity index (χ4n) is 4.44. The first-order chi connectivity index (χ1) is 13.4. The largest absolute Gasteiger partial charge is 0.298 e. The molecule has 0 amide bonds. The van der Waals surface area contributed by atoms with E-state index < -0.39 is 31.0 Å². The highest BCUT2D eigenvalue weighted by molar-refractivity contribution is 7.97. The Labute approximate surface area is 171 Å². The molecule has 8 heteroatoms. The Bertz CT molecular complexity index is 993. The van der Waals surface area contributed by atoms with Crippen LogP contribution >= 0.6 is 11.3 Å². The molecular formula is C20H25NO4S3. The van der Waals surface area contributed by atoms with E-state index in [0.29, 0.717) is 5.92 Å². The second kappa shape index (κ2) is 7.89. The second-order valence-electron chi connectivity index (χ2n) is 7.83. The highest BCUT2D eigenvalue weighted by Crippen LogP contribution is 2.33. The van der Waals surface area contributed by atoms with Gasteiger partial charge in [0.1, 0.15) is 4.21 Å². The van der Waals surface area contributed by atoms with E-state index in [4.69, 9.17) is 0 Å². The number of piperidine rings is 1. The zero-order valence-corrected chi connectivity index (χ0v) is 18.1. The molecule has 0 radical (unpaired) electrons. The van der Waals surface area contributed by atoms with Crippen LogP contribution in [0, 0.1) is 5.92 Å². The molecule has 0 saturated carbocycles. The van der Waals surface area contributed by atoms with Crippen LogP contribution in [0.25, 0.3) is 0 Å². The van der Waals surface area contributed by atoms with Crippen LogP contribution in [0.15, 0.2) is 52.1 Å². The molecule has 28 heavy (non-hydrogen) atoms. The van der Waals surface area contributed by atoms with Crippen LogP contribution in [0.2, 0.25) is 0 Å². The fourth-order valence-corrected chi connectivity index (χ4v) is 10.5. The van der Waals surface area contributed by atoms with E-state index in [-0.39, 0.29) is 15.7 Å². The third-order valence-electron chi connectivity index (χ3n) is 5.93. The van der Waals surface area contributed by atoms with E-state index in [1.54, 1.807) is 17.5 Å². The van der Waals surface area contributed by atoms with E-state index >= 15 is 0 Å². The van der Waals surface area contributed by atoms with Gasteiger partial charge in [-0.3, -0.25) is 4.90 Å². The minimum atomic E-state index is -3.63. The Balaban J connectivity index is 1.47. The maximum Gasteiger partial charge on any atom is 0.193 e. The Morgan fingerprint density at radius 3 is 2.36 bits per heavy atom. The summed E-state index contributed by atoms with van der Waals surface area (Å²) in [6, 6.07) is 13.2. The van der Waals surface area contributed by atoms with Gasteiger partial charge in [-0.15, -0.1) is 11.3 Å². The number of sulfone groups is 2. The number of thiophene rings is 1. The summed E-state index contributed by atoms with van der Waals surface area (Å²) in [7, 11) is -6.98. The topological polar surface area (TPSA) is 71.5 Å². The van der Waals surface area contributed by atoms with Crippen molar-refractivity contribution in [2.75, 3.05) is 24.6 Å². The lowest BCUT2D eigenvalue weighted by Gasteiger charge is -2.37. The van der Waals surface area contributed by atoms with E-state index in [2.05, 4.69) is 17.0 Å². The molecule has 1 aromatic carbocycles. The maximum atomic E-state index is 13.1. The third kappa shape index (κ3) is 4.20. The average molecular weight is 440 g/mol. The van der Waals surface area contributed by atoms with Crippen LogP contribution in [0.4, 0.5) is 0 Å². The van der Waals surface area contributed by atoms with Gasteiger partial charge in [-0.2, -0.15) is 0 Å². The van der Waals surface area contributed by atoms with Crippen molar-refractivity contribution in [3.8, 4) is 0 Å². The fraction of sp³-hybridized carbons (Fsp3) is 0.500. The van der Waals surface area contributed by atoms with Gasteiger partial charge in [0.05, 0.1) is 16.8 Å². The highest BCUT2D eigenvalue weighted by atomic mass is 32.2. The van der Waals surface area contributed by atoms with Crippen molar-refractivity contribution in [2.45, 2.75) is 34.8 Å². The molecule has 0 unspecified atom stereocenters. The van der Waals surface area contributed by atoms with Crippen LogP contribution in [0.5, 0.6) is 0 Å². The second-order valence-corrected chi connectivity index (χ2v) is 13.3. The monoisotopic (exact) mass is 439 g/mol. The van der Waals surface area contributed by atoms with Crippen LogP contribution in [-0.4, -0.2) is 57.6 Å². The van der Waals surface area contributed by atoms with Crippen molar-refractivity contribution in [1.82, 2.24) is 4.90 Å². The van der Waals surface area contributed by atoms with E-state index in [1.165, 1.54) is 16.9 Å². The maximum absolute atomic E-state index is 13.1. The first-order valence-electron chi connectivity index (χ1n) is 9.61. The standard InChI is InChI=1S/C20H25NO4S3/c22-27(23)14-18(19(15-27)28(24,25)20-7-4-12-26-20)21-10-8-17(9-11-21)13-16-5-2-1-3-6-16/h1-7,12,17-19H,8-11,13-15H2/t18-,19-/m0/s1.